The van der Waals surface area contributed by atoms with E-state index in [4.69, 9.17) is 17.3 Å². The van der Waals surface area contributed by atoms with Crippen LogP contribution in [0, 0.1) is 25.2 Å². The van der Waals surface area contributed by atoms with Crippen molar-refractivity contribution in [2.24, 2.45) is 5.73 Å². The van der Waals surface area contributed by atoms with Gasteiger partial charge in [0.05, 0.1) is 17.6 Å². The molecule has 0 saturated carbocycles. The van der Waals surface area contributed by atoms with Crippen molar-refractivity contribution in [2.75, 3.05) is 4.90 Å². The Morgan fingerprint density at radius 2 is 1.77 bits per heavy atom. The molecule has 0 fully saturated rings. The van der Waals surface area contributed by atoms with Crippen molar-refractivity contribution >= 4 is 34.8 Å². The number of carbonyl (C=O) groups is 1. The summed E-state index contributed by atoms with van der Waals surface area (Å²) in [6.07, 6.45) is 2.95. The molecule has 6 heteroatoms. The van der Waals surface area contributed by atoms with Gasteiger partial charge in [-0.05, 0) is 97.3 Å². The SMILES string of the molecule is CCc1ccc(N2C(N)=C(C#N)C(c3cc(CSc4ccc(Cl)cc4)c(C)cc3C)C3=C2CCCC3=O)cc1. The summed E-state index contributed by atoms with van der Waals surface area (Å²) in [6.45, 7) is 6.30. The summed E-state index contributed by atoms with van der Waals surface area (Å²) >= 11 is 7.80. The first kappa shape index (κ1) is 27.1. The fourth-order valence-corrected chi connectivity index (χ4v) is 6.74. The first-order chi connectivity index (χ1) is 18.8. The van der Waals surface area contributed by atoms with Gasteiger partial charge in [-0.15, -0.1) is 11.8 Å². The minimum Gasteiger partial charge on any atom is -0.384 e. The predicted octanol–water partition coefficient (Wildman–Crippen LogP) is 8.12. The minimum absolute atomic E-state index is 0.105. The Hall–Kier alpha value is -3.46. The lowest BCUT2D eigenvalue weighted by Gasteiger charge is -2.40. The molecular weight excluding hydrogens is 522 g/mol. The molecule has 1 heterocycles. The van der Waals surface area contributed by atoms with Gasteiger partial charge in [0.2, 0.25) is 0 Å². The first-order valence-electron chi connectivity index (χ1n) is 13.4. The van der Waals surface area contributed by atoms with E-state index in [0.717, 1.165) is 63.0 Å². The summed E-state index contributed by atoms with van der Waals surface area (Å²) in [5, 5.41) is 11.2. The van der Waals surface area contributed by atoms with Crippen molar-refractivity contribution in [3.8, 4) is 6.07 Å². The third kappa shape index (κ3) is 5.24. The number of hydrogen-bond acceptors (Lipinski definition) is 5. The number of thioether (sulfide) groups is 1. The number of anilines is 1. The van der Waals surface area contributed by atoms with Crippen LogP contribution in [0.5, 0.6) is 0 Å². The molecule has 0 radical (unpaired) electrons. The zero-order chi connectivity index (χ0) is 27.7. The second-order valence-electron chi connectivity index (χ2n) is 10.2. The third-order valence-electron chi connectivity index (χ3n) is 7.76. The van der Waals surface area contributed by atoms with E-state index in [1.165, 1.54) is 16.7 Å². The fraction of sp³-hybridized carbons (Fsp3) is 0.273. The number of halogens is 1. The Labute approximate surface area is 240 Å². The van der Waals surface area contributed by atoms with E-state index in [1.807, 2.05) is 41.3 Å². The largest absolute Gasteiger partial charge is 0.384 e. The van der Waals surface area contributed by atoms with Crippen LogP contribution in [0.4, 0.5) is 5.69 Å². The number of nitriles is 1. The summed E-state index contributed by atoms with van der Waals surface area (Å²) in [7, 11) is 0. The first-order valence-corrected chi connectivity index (χ1v) is 14.7. The molecule has 0 amide bonds. The number of allylic oxidation sites excluding steroid dienone is 3. The standard InChI is InChI=1S/C33H32ClN3OS/c1-4-22-8-12-25(13-9-22)37-29-6-5-7-30(38)32(29)31(28(18-35)33(37)36)27-17-23(20(2)16-21(27)3)19-39-26-14-10-24(34)11-15-26/h8-17,31H,4-7,19,36H2,1-3H3. The van der Waals surface area contributed by atoms with Gasteiger partial charge in [0, 0.05) is 39.0 Å². The quantitative estimate of drug-likeness (QED) is 0.312. The number of benzene rings is 3. The van der Waals surface area contributed by atoms with Crippen LogP contribution in [0.1, 0.15) is 59.9 Å². The monoisotopic (exact) mass is 553 g/mol. The average Bonchev–Trinajstić information content (AvgIpc) is 2.93. The van der Waals surface area contributed by atoms with Crippen LogP contribution >= 0.6 is 23.4 Å². The molecule has 0 saturated heterocycles. The molecule has 0 aromatic heterocycles. The highest BCUT2D eigenvalue weighted by atomic mass is 35.5. The second kappa shape index (κ2) is 11.3. The summed E-state index contributed by atoms with van der Waals surface area (Å²) < 4.78 is 0. The van der Waals surface area contributed by atoms with Crippen molar-refractivity contribution in [3.05, 3.63) is 116 Å². The van der Waals surface area contributed by atoms with E-state index >= 15 is 0 Å². The van der Waals surface area contributed by atoms with E-state index in [1.54, 1.807) is 11.8 Å². The number of hydrogen-bond donors (Lipinski definition) is 1. The topological polar surface area (TPSA) is 70.1 Å². The maximum absolute atomic E-state index is 13.6. The molecule has 198 valence electrons. The Kier molecular flexibility index (Phi) is 7.88. The number of rotatable bonds is 6. The van der Waals surface area contributed by atoms with E-state index < -0.39 is 5.92 Å². The number of nitrogens with zero attached hydrogens (tertiary/aromatic N) is 2. The maximum Gasteiger partial charge on any atom is 0.161 e. The van der Waals surface area contributed by atoms with Gasteiger partial charge in [-0.2, -0.15) is 5.26 Å². The van der Waals surface area contributed by atoms with Crippen LogP contribution in [-0.2, 0) is 17.0 Å². The third-order valence-corrected chi connectivity index (χ3v) is 9.07. The van der Waals surface area contributed by atoms with Crippen molar-refractivity contribution in [3.63, 3.8) is 0 Å². The molecule has 1 aliphatic heterocycles. The zero-order valence-electron chi connectivity index (χ0n) is 22.6. The smallest absolute Gasteiger partial charge is 0.161 e. The molecule has 4 nitrogen and oxygen atoms in total. The minimum atomic E-state index is -0.469. The zero-order valence-corrected chi connectivity index (χ0v) is 24.1. The molecule has 1 unspecified atom stereocenters. The van der Waals surface area contributed by atoms with Gasteiger partial charge in [-0.1, -0.05) is 42.8 Å². The molecule has 0 spiro atoms. The highest BCUT2D eigenvalue weighted by molar-refractivity contribution is 7.98. The lowest BCUT2D eigenvalue weighted by Crippen LogP contribution is -2.38. The van der Waals surface area contributed by atoms with Crippen molar-refractivity contribution < 1.29 is 4.79 Å². The Morgan fingerprint density at radius 3 is 2.44 bits per heavy atom. The van der Waals surface area contributed by atoms with Gasteiger partial charge in [-0.25, -0.2) is 0 Å². The number of carbonyl (C=O) groups excluding carboxylic acids is 1. The summed E-state index contributed by atoms with van der Waals surface area (Å²) in [5.41, 5.74) is 15.4. The van der Waals surface area contributed by atoms with Gasteiger partial charge < -0.3 is 5.73 Å². The van der Waals surface area contributed by atoms with Crippen LogP contribution in [0.15, 0.2) is 88.2 Å². The molecule has 1 atom stereocenters. The second-order valence-corrected chi connectivity index (χ2v) is 11.7. The van der Waals surface area contributed by atoms with E-state index in [0.29, 0.717) is 17.8 Å². The maximum atomic E-state index is 13.6. The Morgan fingerprint density at radius 1 is 1.05 bits per heavy atom. The van der Waals surface area contributed by atoms with Gasteiger partial charge >= 0.3 is 0 Å². The lowest BCUT2D eigenvalue weighted by atomic mass is 9.74. The number of ketones is 1. The summed E-state index contributed by atoms with van der Waals surface area (Å²) in [4.78, 5) is 16.7. The normalized spacial score (nSPS) is 17.4. The summed E-state index contributed by atoms with van der Waals surface area (Å²) in [5.74, 6) is 0.819. The predicted molar refractivity (Wildman–Crippen MR) is 161 cm³/mol. The fourth-order valence-electron chi connectivity index (χ4n) is 5.65. The van der Waals surface area contributed by atoms with Crippen molar-refractivity contribution in [1.29, 1.82) is 5.26 Å². The molecule has 3 aromatic carbocycles. The average molecular weight is 554 g/mol. The van der Waals surface area contributed by atoms with E-state index in [-0.39, 0.29) is 5.78 Å². The molecule has 39 heavy (non-hydrogen) atoms. The molecule has 3 aromatic rings. The molecule has 1 aliphatic carbocycles. The molecule has 0 bridgehead atoms. The number of Topliss-reactive ketones (excluding diaryl/α,β-unsaturated/α-hetero) is 1. The number of nitrogens with two attached hydrogens (primary N) is 1. The van der Waals surface area contributed by atoms with Gasteiger partial charge in [0.15, 0.2) is 5.78 Å². The molecule has 2 N–H and O–H groups in total. The van der Waals surface area contributed by atoms with Gasteiger partial charge in [0.1, 0.15) is 5.82 Å². The number of aryl methyl sites for hydroxylation is 3. The van der Waals surface area contributed by atoms with Crippen molar-refractivity contribution in [2.45, 2.75) is 63.0 Å². The van der Waals surface area contributed by atoms with Crippen LogP contribution in [-0.4, -0.2) is 5.78 Å². The Balaban J connectivity index is 1.61. The van der Waals surface area contributed by atoms with Crippen LogP contribution in [0.3, 0.4) is 0 Å². The highest BCUT2D eigenvalue weighted by Crippen LogP contribution is 2.47. The molecule has 5 rings (SSSR count). The lowest BCUT2D eigenvalue weighted by molar-refractivity contribution is -0.116. The summed E-state index contributed by atoms with van der Waals surface area (Å²) in [6, 6.07) is 22.8. The molecular formula is C33H32ClN3OS. The molecule has 2 aliphatic rings. The van der Waals surface area contributed by atoms with E-state index in [9.17, 15) is 10.1 Å². The van der Waals surface area contributed by atoms with Crippen LogP contribution in [0.25, 0.3) is 0 Å². The van der Waals surface area contributed by atoms with Gasteiger partial charge in [0.25, 0.3) is 0 Å². The highest BCUT2D eigenvalue weighted by Gasteiger charge is 2.41. The van der Waals surface area contributed by atoms with Crippen LogP contribution < -0.4 is 10.6 Å². The van der Waals surface area contributed by atoms with Crippen molar-refractivity contribution in [1.82, 2.24) is 0 Å². The van der Waals surface area contributed by atoms with E-state index in [2.05, 4.69) is 51.1 Å². The van der Waals surface area contributed by atoms with Crippen LogP contribution in [0.2, 0.25) is 5.02 Å². The Bertz CT molecular complexity index is 1530. The van der Waals surface area contributed by atoms with Gasteiger partial charge in [-0.3, -0.25) is 9.69 Å².